The topological polar surface area (TPSA) is 59.2 Å². The normalized spacial score (nSPS) is 12.0. The third-order valence-corrected chi connectivity index (χ3v) is 5.55. The Morgan fingerprint density at radius 3 is 2.63 bits per heavy atom. The summed E-state index contributed by atoms with van der Waals surface area (Å²) in [7, 11) is 1.74. The maximum Gasteiger partial charge on any atom is 0.246 e. The predicted molar refractivity (Wildman–Crippen MR) is 108 cm³/mol. The minimum atomic E-state index is -0.166. The molecule has 27 heavy (non-hydrogen) atoms. The van der Waals surface area contributed by atoms with Crippen LogP contribution < -0.4 is 0 Å². The molecular formula is C20H20ClN3O2S. The molecule has 0 saturated carbocycles. The highest BCUT2D eigenvalue weighted by Gasteiger charge is 2.20. The molecule has 1 heterocycles. The van der Waals surface area contributed by atoms with Crippen LogP contribution in [0.4, 0.5) is 0 Å². The Morgan fingerprint density at radius 1 is 1.19 bits per heavy atom. The molecule has 3 aromatic rings. The zero-order valence-electron chi connectivity index (χ0n) is 15.1. The van der Waals surface area contributed by atoms with E-state index in [0.29, 0.717) is 22.3 Å². The molecule has 0 radical (unpaired) electrons. The van der Waals surface area contributed by atoms with Gasteiger partial charge in [0.15, 0.2) is 0 Å². The van der Waals surface area contributed by atoms with Crippen molar-refractivity contribution in [2.75, 3.05) is 7.05 Å². The summed E-state index contributed by atoms with van der Waals surface area (Å²) in [5, 5.41) is 4.36. The van der Waals surface area contributed by atoms with Crippen molar-refractivity contribution in [3.8, 4) is 11.4 Å². The zero-order chi connectivity index (χ0) is 19.2. The van der Waals surface area contributed by atoms with Gasteiger partial charge in [-0.3, -0.25) is 4.79 Å². The molecule has 0 spiro atoms. The fraction of sp³-hybridized carbons (Fsp3) is 0.250. The summed E-state index contributed by atoms with van der Waals surface area (Å²) in [6, 6.07) is 17.4. The number of aromatic nitrogens is 2. The lowest BCUT2D eigenvalue weighted by Gasteiger charge is -2.19. The van der Waals surface area contributed by atoms with E-state index in [2.05, 4.69) is 22.3 Å². The number of halogens is 1. The molecule has 0 aliphatic carbocycles. The lowest BCUT2D eigenvalue weighted by Crippen LogP contribution is -2.33. The quantitative estimate of drug-likeness (QED) is 0.575. The van der Waals surface area contributed by atoms with Crippen molar-refractivity contribution in [2.24, 2.45) is 0 Å². The van der Waals surface area contributed by atoms with Gasteiger partial charge in [0.05, 0.1) is 16.8 Å². The van der Waals surface area contributed by atoms with Crippen LogP contribution in [-0.4, -0.2) is 33.2 Å². The van der Waals surface area contributed by atoms with E-state index >= 15 is 0 Å². The van der Waals surface area contributed by atoms with Crippen molar-refractivity contribution in [2.45, 2.75) is 24.5 Å². The number of nitrogens with zero attached hydrogens (tertiary/aromatic N) is 3. The SMILES string of the molecule is C[C@H](SCc1ccccc1)C(=O)N(C)Cc1nc(-c2ccccc2Cl)no1. The van der Waals surface area contributed by atoms with Crippen LogP contribution >= 0.6 is 23.4 Å². The first-order chi connectivity index (χ1) is 13.0. The molecule has 3 rings (SSSR count). The second kappa shape index (κ2) is 9.06. The molecule has 1 aromatic heterocycles. The lowest BCUT2D eigenvalue weighted by molar-refractivity contribution is -0.129. The van der Waals surface area contributed by atoms with Crippen molar-refractivity contribution < 1.29 is 9.32 Å². The lowest BCUT2D eigenvalue weighted by atomic mass is 10.2. The molecule has 2 aromatic carbocycles. The minimum Gasteiger partial charge on any atom is -0.337 e. The van der Waals surface area contributed by atoms with E-state index < -0.39 is 0 Å². The number of rotatable bonds is 7. The molecule has 1 atom stereocenters. The fourth-order valence-corrected chi connectivity index (χ4v) is 3.71. The van der Waals surface area contributed by atoms with Crippen molar-refractivity contribution in [3.05, 3.63) is 71.1 Å². The molecule has 1 amide bonds. The van der Waals surface area contributed by atoms with Crippen LogP contribution in [0.1, 0.15) is 18.4 Å². The van der Waals surface area contributed by atoms with Gasteiger partial charge in [-0.25, -0.2) is 0 Å². The molecule has 0 N–H and O–H groups in total. The molecule has 7 heteroatoms. The average molecular weight is 402 g/mol. The van der Waals surface area contributed by atoms with Crippen LogP contribution in [0, 0.1) is 0 Å². The molecule has 0 saturated heterocycles. The summed E-state index contributed by atoms with van der Waals surface area (Å²) in [6.45, 7) is 2.17. The summed E-state index contributed by atoms with van der Waals surface area (Å²) in [5.74, 6) is 1.61. The number of benzene rings is 2. The highest BCUT2D eigenvalue weighted by atomic mass is 35.5. The first-order valence-electron chi connectivity index (χ1n) is 8.52. The monoisotopic (exact) mass is 401 g/mol. The molecule has 0 unspecified atom stereocenters. The second-order valence-corrected chi connectivity index (χ2v) is 7.86. The highest BCUT2D eigenvalue weighted by molar-refractivity contribution is 7.99. The Labute approximate surface area is 167 Å². The van der Waals surface area contributed by atoms with Gasteiger partial charge in [0.2, 0.25) is 17.6 Å². The summed E-state index contributed by atoms with van der Waals surface area (Å²) in [6.07, 6.45) is 0. The fourth-order valence-electron chi connectivity index (χ4n) is 2.53. The van der Waals surface area contributed by atoms with Crippen LogP contribution in [0.25, 0.3) is 11.4 Å². The molecule has 140 valence electrons. The van der Waals surface area contributed by atoms with E-state index in [1.165, 1.54) is 5.56 Å². The maximum atomic E-state index is 12.6. The molecule has 0 aliphatic heterocycles. The Balaban J connectivity index is 1.57. The van der Waals surface area contributed by atoms with Crippen LogP contribution in [-0.2, 0) is 17.1 Å². The third-order valence-electron chi connectivity index (χ3n) is 4.02. The number of thioether (sulfide) groups is 1. The van der Waals surface area contributed by atoms with Gasteiger partial charge >= 0.3 is 0 Å². The first kappa shape index (κ1) is 19.5. The van der Waals surface area contributed by atoms with E-state index in [4.69, 9.17) is 16.1 Å². The Kier molecular flexibility index (Phi) is 6.53. The van der Waals surface area contributed by atoms with Gasteiger partial charge in [0, 0.05) is 18.4 Å². The highest BCUT2D eigenvalue weighted by Crippen LogP contribution is 2.25. The van der Waals surface area contributed by atoms with Crippen LogP contribution in [0.3, 0.4) is 0 Å². The van der Waals surface area contributed by atoms with E-state index in [-0.39, 0.29) is 17.7 Å². The van der Waals surface area contributed by atoms with Gasteiger partial charge in [-0.1, -0.05) is 59.2 Å². The van der Waals surface area contributed by atoms with E-state index in [1.807, 2.05) is 43.3 Å². The summed E-state index contributed by atoms with van der Waals surface area (Å²) in [4.78, 5) is 18.6. The number of carbonyl (C=O) groups excluding carboxylic acids is 1. The molecular weight excluding hydrogens is 382 g/mol. The Bertz CT molecular complexity index is 901. The Hall–Kier alpha value is -2.31. The zero-order valence-corrected chi connectivity index (χ0v) is 16.7. The second-order valence-electron chi connectivity index (χ2n) is 6.12. The smallest absolute Gasteiger partial charge is 0.246 e. The first-order valence-corrected chi connectivity index (χ1v) is 9.95. The van der Waals surface area contributed by atoms with Gasteiger partial charge in [-0.2, -0.15) is 4.98 Å². The number of hydrogen-bond acceptors (Lipinski definition) is 5. The summed E-state index contributed by atoms with van der Waals surface area (Å²) < 4.78 is 5.28. The van der Waals surface area contributed by atoms with E-state index in [0.717, 1.165) is 5.75 Å². The third kappa shape index (κ3) is 5.11. The average Bonchev–Trinajstić information content (AvgIpc) is 3.14. The summed E-state index contributed by atoms with van der Waals surface area (Å²) in [5.41, 5.74) is 1.90. The van der Waals surface area contributed by atoms with Crippen molar-refractivity contribution >= 4 is 29.3 Å². The number of amides is 1. The van der Waals surface area contributed by atoms with Gasteiger partial charge in [-0.15, -0.1) is 11.8 Å². The molecule has 0 bridgehead atoms. The van der Waals surface area contributed by atoms with E-state index in [9.17, 15) is 4.79 Å². The van der Waals surface area contributed by atoms with Gasteiger partial charge < -0.3 is 9.42 Å². The largest absolute Gasteiger partial charge is 0.337 e. The number of hydrogen-bond donors (Lipinski definition) is 0. The standard InChI is InChI=1S/C20H20ClN3O2S/c1-14(27-13-15-8-4-3-5-9-15)20(25)24(2)12-18-22-19(23-26-18)16-10-6-7-11-17(16)21/h3-11,14H,12-13H2,1-2H3/t14-/m0/s1. The molecule has 0 aliphatic rings. The van der Waals surface area contributed by atoms with Gasteiger partial charge in [0.25, 0.3) is 0 Å². The van der Waals surface area contributed by atoms with Crippen molar-refractivity contribution in [1.29, 1.82) is 0 Å². The summed E-state index contributed by atoms with van der Waals surface area (Å²) >= 11 is 7.77. The molecule has 5 nitrogen and oxygen atoms in total. The van der Waals surface area contributed by atoms with Crippen LogP contribution in [0.5, 0.6) is 0 Å². The van der Waals surface area contributed by atoms with Gasteiger partial charge in [-0.05, 0) is 24.6 Å². The minimum absolute atomic E-state index is 0.0217. The maximum absolute atomic E-state index is 12.6. The van der Waals surface area contributed by atoms with Crippen LogP contribution in [0.2, 0.25) is 5.02 Å². The van der Waals surface area contributed by atoms with Gasteiger partial charge in [0.1, 0.15) is 0 Å². The van der Waals surface area contributed by atoms with E-state index in [1.54, 1.807) is 29.8 Å². The van der Waals surface area contributed by atoms with Crippen LogP contribution in [0.15, 0.2) is 59.1 Å². The Morgan fingerprint density at radius 2 is 1.89 bits per heavy atom. The molecule has 0 fully saturated rings. The number of carbonyl (C=O) groups is 1. The van der Waals surface area contributed by atoms with Crippen molar-refractivity contribution in [1.82, 2.24) is 15.0 Å². The predicted octanol–water partition coefficient (Wildman–Crippen LogP) is 4.67. The van der Waals surface area contributed by atoms with Crippen molar-refractivity contribution in [3.63, 3.8) is 0 Å².